The van der Waals surface area contributed by atoms with Crippen LogP contribution in [-0.2, 0) is 0 Å². The van der Waals surface area contributed by atoms with E-state index in [0.717, 1.165) is 21.5 Å². The maximum atomic E-state index is 13.7. The Hall–Kier alpha value is -7.07. The zero-order chi connectivity index (χ0) is 33.4. The van der Waals surface area contributed by atoms with Crippen molar-refractivity contribution in [2.45, 2.75) is 0 Å². The Kier molecular flexibility index (Phi) is 6.02. The van der Waals surface area contributed by atoms with Gasteiger partial charge in [0.25, 0.3) is 11.8 Å². The summed E-state index contributed by atoms with van der Waals surface area (Å²) in [4.78, 5) is 43.6. The molecule has 236 valence electrons. The molecule has 0 aliphatic rings. The first-order valence-corrected chi connectivity index (χ1v) is 15.4. The van der Waals surface area contributed by atoms with Crippen LogP contribution in [0.15, 0.2) is 123 Å². The number of benzene rings is 6. The molecule has 0 spiro atoms. The molecule has 0 atom stereocenters. The lowest BCUT2D eigenvalue weighted by molar-refractivity contribution is 0.101. The van der Waals surface area contributed by atoms with Gasteiger partial charge in [-0.2, -0.15) is 0 Å². The van der Waals surface area contributed by atoms with Crippen molar-refractivity contribution in [2.75, 3.05) is 22.1 Å². The van der Waals surface area contributed by atoms with Crippen LogP contribution < -0.4 is 27.5 Å². The molecule has 3 heterocycles. The summed E-state index contributed by atoms with van der Waals surface area (Å²) < 4.78 is 11.9. The number of carbonyl (C=O) groups excluding carboxylic acids is 2. The summed E-state index contributed by atoms with van der Waals surface area (Å²) in [7, 11) is 0. The second-order valence-corrected chi connectivity index (χ2v) is 12.0. The lowest BCUT2D eigenvalue weighted by Gasteiger charge is -2.09. The minimum atomic E-state index is -0.390. The van der Waals surface area contributed by atoms with Crippen molar-refractivity contribution < 1.29 is 18.4 Å². The van der Waals surface area contributed by atoms with Crippen LogP contribution >= 0.6 is 0 Å². The van der Waals surface area contributed by atoms with E-state index in [2.05, 4.69) is 15.6 Å². The number of aromatic amines is 1. The van der Waals surface area contributed by atoms with Crippen molar-refractivity contribution in [1.82, 2.24) is 4.98 Å². The predicted octanol–water partition coefficient (Wildman–Crippen LogP) is 8.15. The van der Waals surface area contributed by atoms with Crippen molar-refractivity contribution in [3.63, 3.8) is 0 Å². The fraction of sp³-hybridized carbons (Fsp3) is 0. The summed E-state index contributed by atoms with van der Waals surface area (Å²) in [6.07, 6.45) is 0. The van der Waals surface area contributed by atoms with Crippen LogP contribution in [0.2, 0.25) is 0 Å². The first-order chi connectivity index (χ1) is 23.8. The fourth-order valence-electron chi connectivity index (χ4n) is 6.40. The van der Waals surface area contributed by atoms with Crippen molar-refractivity contribution in [1.29, 1.82) is 0 Å². The number of hydrogen-bond donors (Lipinski definition) is 5. The zero-order valence-corrected chi connectivity index (χ0v) is 25.6. The third kappa shape index (κ3) is 4.70. The number of furan rings is 2. The molecule has 49 heavy (non-hydrogen) atoms. The van der Waals surface area contributed by atoms with Crippen molar-refractivity contribution in [3.8, 4) is 0 Å². The molecule has 3 aromatic heterocycles. The summed E-state index contributed by atoms with van der Waals surface area (Å²) in [5.74, 6) is -0.779. The molecule has 10 nitrogen and oxygen atoms in total. The fourth-order valence-corrected chi connectivity index (χ4v) is 6.40. The van der Waals surface area contributed by atoms with E-state index in [4.69, 9.17) is 20.3 Å². The minimum Gasteiger partial charge on any atom is -0.456 e. The van der Waals surface area contributed by atoms with E-state index in [1.54, 1.807) is 72.8 Å². The summed E-state index contributed by atoms with van der Waals surface area (Å²) in [6, 6.07) is 31.6. The van der Waals surface area contributed by atoms with Gasteiger partial charge in [-0.05, 0) is 84.9 Å². The van der Waals surface area contributed by atoms with E-state index < -0.39 is 0 Å². The molecular weight excluding hydrogens is 618 g/mol. The van der Waals surface area contributed by atoms with Crippen LogP contribution in [-0.4, -0.2) is 16.8 Å². The highest BCUT2D eigenvalue weighted by molar-refractivity contribution is 6.12. The monoisotopic (exact) mass is 643 g/mol. The molecule has 0 saturated heterocycles. The summed E-state index contributed by atoms with van der Waals surface area (Å²) in [5, 5.41) is 10.1. The van der Waals surface area contributed by atoms with E-state index in [9.17, 15) is 14.4 Å². The first kappa shape index (κ1) is 28.2. The molecule has 0 bridgehead atoms. The number of hydrogen-bond acceptors (Lipinski definition) is 7. The molecule has 0 fully saturated rings. The van der Waals surface area contributed by atoms with E-state index >= 15 is 0 Å². The third-order valence-electron chi connectivity index (χ3n) is 8.83. The summed E-state index contributed by atoms with van der Waals surface area (Å²) in [5.41, 5.74) is 18.0. The number of nitrogen functional groups attached to an aromatic ring is 2. The maximum absolute atomic E-state index is 13.7. The number of rotatable bonds is 4. The van der Waals surface area contributed by atoms with Gasteiger partial charge in [0.1, 0.15) is 22.3 Å². The Balaban J connectivity index is 0.997. The Morgan fingerprint density at radius 2 is 0.898 bits per heavy atom. The van der Waals surface area contributed by atoms with E-state index in [0.29, 0.717) is 78.0 Å². The number of H-pyrrole nitrogens is 1. The standard InChI is InChI=1S/C39H25N5O5/c40-21-3-7-25-27-9-5-23(17-35(27)48-33(25)15-21)42-38(46)19-1-11-31-29(13-19)37(45)30-14-20(2-12-32(30)44-31)39(47)43-24-6-10-28-26-8-4-22(41)16-34(26)49-36(28)18-24/h1-18H,40-41H2,(H,42,46)(H,43,47)(H,44,45). The average molecular weight is 644 g/mol. The number of amides is 2. The molecular formula is C39H25N5O5. The lowest BCUT2D eigenvalue weighted by atomic mass is 10.0. The van der Waals surface area contributed by atoms with E-state index in [-0.39, 0.29) is 17.2 Å². The predicted molar refractivity (Wildman–Crippen MR) is 194 cm³/mol. The van der Waals surface area contributed by atoms with Gasteiger partial charge in [0.05, 0.1) is 0 Å². The number of aromatic nitrogens is 1. The van der Waals surface area contributed by atoms with Crippen molar-refractivity contribution in [3.05, 3.63) is 131 Å². The average Bonchev–Trinajstić information content (AvgIpc) is 3.64. The Bertz CT molecular complexity index is 2740. The quantitative estimate of drug-likeness (QED) is 0.0952. The molecule has 9 rings (SSSR count). The highest BCUT2D eigenvalue weighted by Crippen LogP contribution is 2.33. The molecule has 0 aliphatic carbocycles. The molecule has 10 heteroatoms. The highest BCUT2D eigenvalue weighted by atomic mass is 16.3. The topological polar surface area (TPSA) is 169 Å². The van der Waals surface area contributed by atoms with Gasteiger partial charge in [-0.3, -0.25) is 14.4 Å². The number of fused-ring (bicyclic) bond motifs is 8. The molecule has 0 saturated carbocycles. The van der Waals surface area contributed by atoms with Crippen LogP contribution in [0.25, 0.3) is 65.7 Å². The summed E-state index contributed by atoms with van der Waals surface area (Å²) >= 11 is 0. The number of pyridine rings is 1. The smallest absolute Gasteiger partial charge is 0.255 e. The molecule has 2 amide bonds. The van der Waals surface area contributed by atoms with Crippen LogP contribution in [0.3, 0.4) is 0 Å². The maximum Gasteiger partial charge on any atom is 0.255 e. The Morgan fingerprint density at radius 3 is 1.35 bits per heavy atom. The molecule has 6 aromatic carbocycles. The first-order valence-electron chi connectivity index (χ1n) is 15.4. The SMILES string of the molecule is Nc1ccc2c(c1)oc1cc(NC(=O)c3ccc4[nH]c5ccc(C(=O)Nc6ccc7c(c6)oc6cc(N)ccc67)cc5c(=O)c4c3)ccc12. The molecule has 0 radical (unpaired) electrons. The van der Waals surface area contributed by atoms with Gasteiger partial charge in [0.2, 0.25) is 0 Å². The van der Waals surface area contributed by atoms with Crippen molar-refractivity contribution in [2.24, 2.45) is 0 Å². The van der Waals surface area contributed by atoms with Crippen molar-refractivity contribution >= 4 is 100 Å². The molecule has 0 unspecified atom stereocenters. The van der Waals surface area contributed by atoms with Gasteiger partial charge in [0, 0.05) is 101 Å². The van der Waals surface area contributed by atoms with Gasteiger partial charge in [0.15, 0.2) is 5.43 Å². The normalized spacial score (nSPS) is 11.7. The molecule has 9 aromatic rings. The highest BCUT2D eigenvalue weighted by Gasteiger charge is 2.16. The number of nitrogens with one attached hydrogen (secondary N) is 3. The van der Waals surface area contributed by atoms with Crippen LogP contribution in [0.4, 0.5) is 22.7 Å². The lowest BCUT2D eigenvalue weighted by Crippen LogP contribution is -2.14. The number of anilines is 4. The number of nitrogens with two attached hydrogens (primary N) is 2. The van der Waals surface area contributed by atoms with Gasteiger partial charge >= 0.3 is 0 Å². The van der Waals surface area contributed by atoms with Gasteiger partial charge in [-0.15, -0.1) is 0 Å². The zero-order valence-electron chi connectivity index (χ0n) is 25.6. The second kappa shape index (κ2) is 10.5. The Labute approximate surface area is 275 Å². The van der Waals surface area contributed by atoms with Gasteiger partial charge < -0.3 is 35.9 Å². The largest absolute Gasteiger partial charge is 0.456 e. The van der Waals surface area contributed by atoms with Crippen LogP contribution in [0.5, 0.6) is 0 Å². The summed E-state index contributed by atoms with van der Waals surface area (Å²) in [6.45, 7) is 0. The van der Waals surface area contributed by atoms with Gasteiger partial charge in [-0.25, -0.2) is 0 Å². The third-order valence-corrected chi connectivity index (χ3v) is 8.83. The minimum absolute atomic E-state index is 0.299. The van der Waals surface area contributed by atoms with E-state index in [1.807, 2.05) is 36.4 Å². The Morgan fingerprint density at radius 1 is 0.490 bits per heavy atom. The van der Waals surface area contributed by atoms with Gasteiger partial charge in [-0.1, -0.05) is 0 Å². The molecule has 0 aliphatic heterocycles. The van der Waals surface area contributed by atoms with Crippen LogP contribution in [0.1, 0.15) is 20.7 Å². The molecule has 7 N–H and O–H groups in total. The number of carbonyl (C=O) groups is 2. The second-order valence-electron chi connectivity index (χ2n) is 12.0. The van der Waals surface area contributed by atoms with E-state index in [1.165, 1.54) is 0 Å². The van der Waals surface area contributed by atoms with Crippen LogP contribution in [0, 0.1) is 0 Å².